The second kappa shape index (κ2) is 6.30. The van der Waals surface area contributed by atoms with Crippen molar-refractivity contribution in [2.24, 2.45) is 0 Å². The average molecular weight is 262 g/mol. The van der Waals surface area contributed by atoms with E-state index in [9.17, 15) is 0 Å². The SMILES string of the molecule is C=C(C)COC(CCC)[Si](Cl)(Cl)Cl. The molecule has 0 heterocycles. The molecule has 0 aliphatic heterocycles. The van der Waals surface area contributed by atoms with Gasteiger partial charge in [-0.2, -0.15) is 0 Å². The van der Waals surface area contributed by atoms with E-state index < -0.39 is 6.00 Å². The highest BCUT2D eigenvalue weighted by Gasteiger charge is 2.37. The average Bonchev–Trinajstić information content (AvgIpc) is 1.95. The van der Waals surface area contributed by atoms with Crippen molar-refractivity contribution in [2.45, 2.75) is 32.4 Å². The highest BCUT2D eigenvalue weighted by molar-refractivity contribution is 7.65. The van der Waals surface area contributed by atoms with Gasteiger partial charge in [-0.3, -0.25) is 0 Å². The second-order valence-corrected chi connectivity index (χ2v) is 11.9. The Hall–Kier alpha value is 0.787. The third-order valence-corrected chi connectivity index (χ3v) is 4.82. The molecule has 0 aromatic rings. The molecule has 1 atom stereocenters. The first-order valence-corrected chi connectivity index (χ1v) is 9.32. The summed E-state index contributed by atoms with van der Waals surface area (Å²) in [4.78, 5) is 0. The van der Waals surface area contributed by atoms with Crippen molar-refractivity contribution in [3.63, 3.8) is 0 Å². The molecule has 0 aromatic heterocycles. The summed E-state index contributed by atoms with van der Waals surface area (Å²) in [5, 5.41) is 0. The van der Waals surface area contributed by atoms with Crippen LogP contribution in [0.5, 0.6) is 0 Å². The lowest BCUT2D eigenvalue weighted by atomic mass is 10.3. The zero-order valence-corrected chi connectivity index (χ0v) is 11.2. The quantitative estimate of drug-likeness (QED) is 0.400. The van der Waals surface area contributed by atoms with E-state index >= 15 is 0 Å². The maximum atomic E-state index is 5.88. The Kier molecular flexibility index (Phi) is 6.69. The molecule has 78 valence electrons. The van der Waals surface area contributed by atoms with Crippen LogP contribution in [0, 0.1) is 0 Å². The third kappa shape index (κ3) is 6.80. The molecule has 5 heteroatoms. The summed E-state index contributed by atoms with van der Waals surface area (Å²) in [7, 11) is 0. The van der Waals surface area contributed by atoms with Crippen molar-refractivity contribution in [1.82, 2.24) is 0 Å². The van der Waals surface area contributed by atoms with Gasteiger partial charge in [0.1, 0.15) is 0 Å². The summed E-state index contributed by atoms with van der Waals surface area (Å²) in [6.07, 6.45) is 1.76. The van der Waals surface area contributed by atoms with Gasteiger partial charge in [-0.15, -0.1) is 33.2 Å². The molecule has 0 saturated carbocycles. The fourth-order valence-corrected chi connectivity index (χ4v) is 3.28. The van der Waals surface area contributed by atoms with E-state index in [-0.39, 0.29) is 5.73 Å². The minimum Gasteiger partial charge on any atom is -0.373 e. The Morgan fingerprint density at radius 1 is 1.46 bits per heavy atom. The molecule has 0 N–H and O–H groups in total. The summed E-state index contributed by atoms with van der Waals surface area (Å²) in [6.45, 7) is 8.14. The zero-order chi connectivity index (χ0) is 10.5. The molecule has 1 unspecified atom stereocenters. The van der Waals surface area contributed by atoms with Crippen LogP contribution < -0.4 is 0 Å². The van der Waals surface area contributed by atoms with Crippen molar-refractivity contribution in [1.29, 1.82) is 0 Å². The maximum Gasteiger partial charge on any atom is 0.369 e. The van der Waals surface area contributed by atoms with Crippen LogP contribution >= 0.6 is 33.2 Å². The fraction of sp³-hybridized carbons (Fsp3) is 0.750. The van der Waals surface area contributed by atoms with Gasteiger partial charge in [0.25, 0.3) is 0 Å². The van der Waals surface area contributed by atoms with E-state index in [0.717, 1.165) is 18.4 Å². The molecule has 0 amide bonds. The molecular weight excluding hydrogens is 247 g/mol. The van der Waals surface area contributed by atoms with Gasteiger partial charge in [0.05, 0.1) is 12.3 Å². The lowest BCUT2D eigenvalue weighted by molar-refractivity contribution is 0.117. The van der Waals surface area contributed by atoms with Crippen LogP contribution in [0.2, 0.25) is 0 Å². The van der Waals surface area contributed by atoms with Crippen LogP contribution in [0.15, 0.2) is 12.2 Å². The van der Waals surface area contributed by atoms with Gasteiger partial charge in [-0.25, -0.2) is 0 Å². The Labute approximate surface area is 95.1 Å². The van der Waals surface area contributed by atoms with E-state index in [1.54, 1.807) is 0 Å². The molecule has 0 rings (SSSR count). The lowest BCUT2D eigenvalue weighted by Crippen LogP contribution is -2.34. The van der Waals surface area contributed by atoms with Crippen LogP contribution in [-0.2, 0) is 4.74 Å². The van der Waals surface area contributed by atoms with Crippen LogP contribution in [0.3, 0.4) is 0 Å². The van der Waals surface area contributed by atoms with E-state index in [2.05, 4.69) is 6.58 Å². The van der Waals surface area contributed by atoms with Crippen molar-refractivity contribution >= 4 is 39.2 Å². The molecule has 0 aromatic carbocycles. The summed E-state index contributed by atoms with van der Waals surface area (Å²) in [6, 6.07) is -2.72. The van der Waals surface area contributed by atoms with E-state index in [1.807, 2.05) is 13.8 Å². The van der Waals surface area contributed by atoms with Crippen molar-refractivity contribution < 1.29 is 4.74 Å². The summed E-state index contributed by atoms with van der Waals surface area (Å²) in [5.74, 6) is 0. The molecule has 0 bridgehead atoms. The summed E-state index contributed by atoms with van der Waals surface area (Å²) < 4.78 is 5.47. The molecule has 1 nitrogen and oxygen atoms in total. The van der Waals surface area contributed by atoms with Crippen molar-refractivity contribution in [2.75, 3.05) is 6.61 Å². The highest BCUT2D eigenvalue weighted by Crippen LogP contribution is 2.29. The first-order valence-electron chi connectivity index (χ1n) is 4.20. The van der Waals surface area contributed by atoms with E-state index in [0.29, 0.717) is 6.61 Å². The Bertz CT molecular complexity index is 167. The van der Waals surface area contributed by atoms with Gasteiger partial charge in [0, 0.05) is 0 Å². The zero-order valence-electron chi connectivity index (χ0n) is 7.95. The topological polar surface area (TPSA) is 9.23 Å². The smallest absolute Gasteiger partial charge is 0.369 e. The number of rotatable bonds is 6. The van der Waals surface area contributed by atoms with Crippen LogP contribution in [0.1, 0.15) is 26.7 Å². The van der Waals surface area contributed by atoms with Gasteiger partial charge >= 0.3 is 6.00 Å². The normalized spacial score (nSPS) is 14.2. The lowest BCUT2D eigenvalue weighted by Gasteiger charge is -2.22. The first-order chi connectivity index (χ1) is 5.88. The second-order valence-electron chi connectivity index (χ2n) is 3.09. The van der Waals surface area contributed by atoms with Crippen molar-refractivity contribution in [3.05, 3.63) is 12.2 Å². The minimum absolute atomic E-state index is 0.209. The molecule has 0 fully saturated rings. The maximum absolute atomic E-state index is 5.88. The number of ether oxygens (including phenoxy) is 1. The number of hydrogen-bond donors (Lipinski definition) is 0. The molecule has 0 aliphatic rings. The molecule has 0 aliphatic carbocycles. The fourth-order valence-electron chi connectivity index (χ4n) is 0.847. The largest absolute Gasteiger partial charge is 0.373 e. The van der Waals surface area contributed by atoms with Crippen LogP contribution in [0.4, 0.5) is 0 Å². The Morgan fingerprint density at radius 3 is 2.31 bits per heavy atom. The van der Waals surface area contributed by atoms with Gasteiger partial charge in [0.15, 0.2) is 0 Å². The van der Waals surface area contributed by atoms with Gasteiger partial charge in [-0.05, 0) is 13.3 Å². The molecule has 0 spiro atoms. The number of halogens is 3. The minimum atomic E-state index is -2.72. The van der Waals surface area contributed by atoms with Crippen LogP contribution in [0.25, 0.3) is 0 Å². The Balaban J connectivity index is 4.02. The number of hydrogen-bond acceptors (Lipinski definition) is 1. The van der Waals surface area contributed by atoms with Crippen LogP contribution in [-0.4, -0.2) is 18.3 Å². The van der Waals surface area contributed by atoms with E-state index in [1.165, 1.54) is 0 Å². The summed E-state index contributed by atoms with van der Waals surface area (Å²) in [5.41, 5.74) is 0.739. The molecule has 13 heavy (non-hydrogen) atoms. The van der Waals surface area contributed by atoms with Gasteiger partial charge in [0.2, 0.25) is 0 Å². The first kappa shape index (κ1) is 13.8. The molecular formula is C8H15Cl3OSi. The van der Waals surface area contributed by atoms with Gasteiger partial charge in [-0.1, -0.05) is 25.5 Å². The van der Waals surface area contributed by atoms with E-state index in [4.69, 9.17) is 38.0 Å². The van der Waals surface area contributed by atoms with Crippen molar-refractivity contribution in [3.8, 4) is 0 Å². The monoisotopic (exact) mass is 260 g/mol. The summed E-state index contributed by atoms with van der Waals surface area (Å²) >= 11 is 17.6. The standard InChI is InChI=1S/C8H15Cl3OSi/c1-4-5-8(13(9,10)11)12-6-7(2)3/h8H,2,4-6H2,1,3H3. The predicted molar refractivity (Wildman–Crippen MR) is 62.8 cm³/mol. The molecule has 0 radical (unpaired) electrons. The predicted octanol–water partition coefficient (Wildman–Crippen LogP) is 3.94. The Morgan fingerprint density at radius 2 is 2.00 bits per heavy atom. The third-order valence-electron chi connectivity index (χ3n) is 1.45. The molecule has 0 saturated heterocycles. The highest BCUT2D eigenvalue weighted by atomic mass is 35.8. The van der Waals surface area contributed by atoms with Gasteiger partial charge < -0.3 is 4.74 Å².